The summed E-state index contributed by atoms with van der Waals surface area (Å²) < 4.78 is 29.4. The maximum atomic E-state index is 13.3. The predicted octanol–water partition coefficient (Wildman–Crippen LogP) is 1.97. The summed E-state index contributed by atoms with van der Waals surface area (Å²) in [6, 6.07) is 6.34. The molecular formula is C21H29ClN8O4S. The highest BCUT2D eigenvalue weighted by Gasteiger charge is 2.40. The van der Waals surface area contributed by atoms with Gasteiger partial charge >= 0.3 is 0 Å². The van der Waals surface area contributed by atoms with Crippen molar-refractivity contribution in [1.29, 1.82) is 0 Å². The smallest absolute Gasteiger partial charge is 0.269 e. The predicted molar refractivity (Wildman–Crippen MR) is 129 cm³/mol. The van der Waals surface area contributed by atoms with Crippen molar-refractivity contribution >= 4 is 33.5 Å². The largest absolute Gasteiger partial charge is 0.390 e. The summed E-state index contributed by atoms with van der Waals surface area (Å²) >= 11 is 6.21. The number of aliphatic hydroxyl groups excluding tert-OH is 1. The van der Waals surface area contributed by atoms with Crippen LogP contribution in [0.4, 0.5) is 5.95 Å². The molecule has 12 nitrogen and oxygen atoms in total. The summed E-state index contributed by atoms with van der Waals surface area (Å²) in [5.41, 5.74) is -0.124. The highest BCUT2D eigenvalue weighted by molar-refractivity contribution is 7.89. The van der Waals surface area contributed by atoms with Crippen LogP contribution < -0.4 is 5.32 Å². The highest BCUT2D eigenvalue weighted by atomic mass is 35.5. The van der Waals surface area contributed by atoms with Gasteiger partial charge < -0.3 is 9.67 Å². The van der Waals surface area contributed by atoms with E-state index in [1.165, 1.54) is 33.0 Å². The number of unbranched alkanes of at least 4 members (excludes halogenated alkanes) is 1. The fourth-order valence-electron chi connectivity index (χ4n) is 3.39. The number of likely N-dealkylation sites (N-methyl/N-ethyl adjacent to an activating group) is 1. The third-order valence-corrected chi connectivity index (χ3v) is 8.19. The quantitative estimate of drug-likeness (QED) is 0.343. The van der Waals surface area contributed by atoms with Crippen LogP contribution in [0.2, 0.25) is 5.15 Å². The number of sulfonamides is 1. The maximum Gasteiger partial charge on any atom is 0.269 e. The molecule has 0 aliphatic rings. The van der Waals surface area contributed by atoms with Gasteiger partial charge in [0.1, 0.15) is 11.4 Å². The van der Waals surface area contributed by atoms with Gasteiger partial charge in [-0.3, -0.25) is 10.1 Å². The monoisotopic (exact) mass is 524 g/mol. The van der Waals surface area contributed by atoms with E-state index in [2.05, 4.69) is 37.8 Å². The lowest BCUT2D eigenvalue weighted by atomic mass is 10.1. The number of anilines is 1. The number of carbonyl (C=O) groups is 1. The number of aryl methyl sites for hydroxylation is 1. The van der Waals surface area contributed by atoms with E-state index in [0.29, 0.717) is 18.7 Å². The molecule has 0 aliphatic heterocycles. The number of nitrogens with one attached hydrogen (secondary N) is 2. The number of aliphatic hydroxyl groups is 1. The number of imidazole rings is 1. The lowest BCUT2D eigenvalue weighted by molar-refractivity contribution is -0.123. The summed E-state index contributed by atoms with van der Waals surface area (Å²) in [6.45, 7) is 5.16. The number of hydrogen-bond acceptors (Lipinski definition) is 8. The number of aromatic amines is 1. The van der Waals surface area contributed by atoms with Crippen LogP contribution in [0, 0.1) is 0 Å². The Morgan fingerprint density at radius 2 is 1.97 bits per heavy atom. The molecule has 2 aromatic heterocycles. The molecule has 0 unspecified atom stereocenters. The van der Waals surface area contributed by atoms with Gasteiger partial charge in [0.2, 0.25) is 15.9 Å². The van der Waals surface area contributed by atoms with Gasteiger partial charge in [-0.15, -0.1) is 5.10 Å². The number of halogens is 1. The van der Waals surface area contributed by atoms with Gasteiger partial charge in [0, 0.05) is 20.0 Å². The van der Waals surface area contributed by atoms with E-state index in [-0.39, 0.29) is 22.6 Å². The van der Waals surface area contributed by atoms with Crippen molar-refractivity contribution in [2.45, 2.75) is 63.6 Å². The number of aromatic nitrogens is 6. The van der Waals surface area contributed by atoms with Gasteiger partial charge in [-0.05, 0) is 43.2 Å². The first-order valence-corrected chi connectivity index (χ1v) is 12.8. The third-order valence-electron chi connectivity index (χ3n) is 5.84. The number of H-pyrrole nitrogens is 1. The number of benzene rings is 1. The van der Waals surface area contributed by atoms with Crippen LogP contribution in [0.25, 0.3) is 0 Å². The summed E-state index contributed by atoms with van der Waals surface area (Å²) in [4.78, 5) is 17.1. The molecule has 0 bridgehead atoms. The number of rotatable bonds is 11. The molecule has 0 aliphatic carbocycles. The Hall–Kier alpha value is -2.87. The summed E-state index contributed by atoms with van der Waals surface area (Å²) in [6.07, 6.45) is 2.63. The second-order valence-electron chi connectivity index (χ2n) is 8.48. The molecule has 0 atom stereocenters. The second kappa shape index (κ2) is 10.8. The van der Waals surface area contributed by atoms with Gasteiger partial charge in [0.15, 0.2) is 5.15 Å². The molecule has 1 aromatic carbocycles. The molecule has 0 spiro atoms. The molecule has 0 radical (unpaired) electrons. The van der Waals surface area contributed by atoms with E-state index in [1.807, 2.05) is 4.57 Å². The van der Waals surface area contributed by atoms with Crippen molar-refractivity contribution in [3.63, 3.8) is 0 Å². The lowest BCUT2D eigenvalue weighted by Crippen LogP contribution is -2.53. The lowest BCUT2D eigenvalue weighted by Gasteiger charge is -2.32. The van der Waals surface area contributed by atoms with Crippen LogP contribution in [0.3, 0.4) is 0 Å². The SMILES string of the molecule is CCCCc1nc(Cl)c(CO)n1Cc1ccc(S(=O)(=O)N(C)C(C)(C)C(=O)Nc2nn[nH]n2)cc1. The van der Waals surface area contributed by atoms with Crippen LogP contribution in [-0.4, -0.2) is 66.5 Å². The zero-order valence-corrected chi connectivity index (χ0v) is 21.6. The molecule has 3 rings (SSSR count). The molecule has 3 N–H and O–H groups in total. The standard InChI is InChI=1S/C21H29ClN8O4S/c1-5-6-7-17-23-18(22)16(13-31)30(17)12-14-8-10-15(11-9-14)35(33,34)29(4)21(2,3)19(32)24-20-25-27-28-26-20/h8-11,31H,5-7,12-13H2,1-4H3,(H2,24,25,26,27,28,32). The zero-order valence-electron chi connectivity index (χ0n) is 20.0. The highest BCUT2D eigenvalue weighted by Crippen LogP contribution is 2.25. The van der Waals surface area contributed by atoms with Crippen LogP contribution in [0.5, 0.6) is 0 Å². The fourth-order valence-corrected chi connectivity index (χ4v) is 5.13. The molecule has 190 valence electrons. The average molecular weight is 525 g/mol. The minimum absolute atomic E-state index is 0.0291. The minimum atomic E-state index is -4.01. The number of amides is 1. The first kappa shape index (κ1) is 26.7. The molecule has 14 heteroatoms. The Morgan fingerprint density at radius 1 is 1.29 bits per heavy atom. The molecular weight excluding hydrogens is 496 g/mol. The molecule has 1 amide bonds. The van der Waals surface area contributed by atoms with Crippen LogP contribution >= 0.6 is 11.6 Å². The van der Waals surface area contributed by atoms with E-state index in [4.69, 9.17) is 11.6 Å². The first-order chi connectivity index (χ1) is 16.5. The van der Waals surface area contributed by atoms with E-state index in [1.54, 1.807) is 12.1 Å². The number of tetrazole rings is 1. The van der Waals surface area contributed by atoms with Crippen molar-refractivity contribution < 1.29 is 18.3 Å². The van der Waals surface area contributed by atoms with Gasteiger partial charge in [-0.25, -0.2) is 13.4 Å². The summed E-state index contributed by atoms with van der Waals surface area (Å²) in [5.74, 6) is 0.0970. The topological polar surface area (TPSA) is 159 Å². The first-order valence-electron chi connectivity index (χ1n) is 11.0. The average Bonchev–Trinajstić information content (AvgIpc) is 3.44. The van der Waals surface area contributed by atoms with Crippen LogP contribution in [-0.2, 0) is 34.4 Å². The van der Waals surface area contributed by atoms with Crippen LogP contribution in [0.1, 0.15) is 50.7 Å². The van der Waals surface area contributed by atoms with E-state index < -0.39 is 21.5 Å². The Bertz CT molecular complexity index is 1260. The Morgan fingerprint density at radius 3 is 2.54 bits per heavy atom. The van der Waals surface area contributed by atoms with Gasteiger partial charge in [0.05, 0.1) is 17.2 Å². The molecule has 35 heavy (non-hydrogen) atoms. The minimum Gasteiger partial charge on any atom is -0.390 e. The number of hydrogen-bond donors (Lipinski definition) is 3. The second-order valence-corrected chi connectivity index (χ2v) is 10.8. The maximum absolute atomic E-state index is 13.3. The Balaban J connectivity index is 1.81. The van der Waals surface area contributed by atoms with Crippen molar-refractivity contribution in [3.05, 3.63) is 46.5 Å². The normalized spacial score (nSPS) is 12.3. The van der Waals surface area contributed by atoms with Crippen LogP contribution in [0.15, 0.2) is 29.2 Å². The molecule has 0 fully saturated rings. The van der Waals surface area contributed by atoms with Crippen molar-refractivity contribution in [1.82, 2.24) is 34.5 Å². The zero-order chi connectivity index (χ0) is 25.8. The van der Waals surface area contributed by atoms with E-state index in [0.717, 1.165) is 28.5 Å². The summed E-state index contributed by atoms with van der Waals surface area (Å²) in [5, 5.41) is 25.3. The van der Waals surface area contributed by atoms with Gasteiger partial charge in [0.25, 0.3) is 5.95 Å². The molecule has 2 heterocycles. The van der Waals surface area contributed by atoms with Gasteiger partial charge in [-0.1, -0.05) is 42.2 Å². The fraction of sp³-hybridized carbons (Fsp3) is 0.476. The van der Waals surface area contributed by atoms with Crippen molar-refractivity contribution in [2.75, 3.05) is 12.4 Å². The number of nitrogens with zero attached hydrogens (tertiary/aromatic N) is 6. The van der Waals surface area contributed by atoms with E-state index in [9.17, 15) is 18.3 Å². The Kier molecular flexibility index (Phi) is 8.26. The Labute approximate surface area is 208 Å². The third kappa shape index (κ3) is 5.69. The molecule has 3 aromatic rings. The van der Waals surface area contributed by atoms with E-state index >= 15 is 0 Å². The van der Waals surface area contributed by atoms with Gasteiger partial charge in [-0.2, -0.15) is 9.52 Å². The molecule has 0 saturated carbocycles. The summed E-state index contributed by atoms with van der Waals surface area (Å²) in [7, 11) is -2.68. The number of carbonyl (C=O) groups excluding carboxylic acids is 1. The van der Waals surface area contributed by atoms with Crippen molar-refractivity contribution in [2.24, 2.45) is 0 Å². The van der Waals surface area contributed by atoms with Crippen molar-refractivity contribution in [3.8, 4) is 0 Å². The molecule has 0 saturated heterocycles.